The van der Waals surface area contributed by atoms with Gasteiger partial charge < -0.3 is 10.6 Å². The highest BCUT2D eigenvalue weighted by Gasteiger charge is 2.37. The molecule has 0 aromatic heterocycles. The number of hydrogen-bond donors (Lipinski definition) is 6. The molecule has 0 heterocycles. The lowest BCUT2D eigenvalue weighted by Crippen LogP contribution is -2.31. The minimum absolute atomic E-state index is 0.0206. The van der Waals surface area contributed by atoms with E-state index in [1.807, 2.05) is 48.5 Å². The summed E-state index contributed by atoms with van der Waals surface area (Å²) >= 11 is 0. The number of carbonyl (C=O) groups is 3. The fourth-order valence-corrected chi connectivity index (χ4v) is 4.03. The van der Waals surface area contributed by atoms with E-state index in [2.05, 4.69) is 16.1 Å². The molecule has 1 saturated carbocycles. The zero-order valence-electron chi connectivity index (χ0n) is 20.2. The van der Waals surface area contributed by atoms with Crippen LogP contribution in [0.15, 0.2) is 48.5 Å². The normalized spacial score (nSPS) is 18.3. The predicted molar refractivity (Wildman–Crippen MR) is 134 cm³/mol. The van der Waals surface area contributed by atoms with Crippen molar-refractivity contribution in [3.63, 3.8) is 0 Å². The summed E-state index contributed by atoms with van der Waals surface area (Å²) in [4.78, 5) is 36.0. The summed E-state index contributed by atoms with van der Waals surface area (Å²) in [5.74, 6) is 4.51. The van der Waals surface area contributed by atoms with Crippen LogP contribution in [0, 0.1) is 11.8 Å². The Balaban J connectivity index is 1.36. The number of carbonyl (C=O) groups excluding carboxylic acids is 3. The van der Waals surface area contributed by atoms with E-state index < -0.39 is 11.8 Å². The molecule has 4 atom stereocenters. The Morgan fingerprint density at radius 1 is 0.971 bits per heavy atom. The monoisotopic (exact) mass is 481 g/mol. The summed E-state index contributed by atoms with van der Waals surface area (Å²) in [6, 6.07) is 15.8. The van der Waals surface area contributed by atoms with Crippen molar-refractivity contribution in [2.75, 3.05) is 10.6 Å². The number of anilines is 2. The van der Waals surface area contributed by atoms with Crippen LogP contribution in [0.25, 0.3) is 0 Å². The summed E-state index contributed by atoms with van der Waals surface area (Å²) in [5, 5.41) is 14.5. The van der Waals surface area contributed by atoms with Crippen LogP contribution in [0.1, 0.15) is 56.6 Å². The Morgan fingerprint density at radius 2 is 1.57 bits per heavy atom. The molecule has 2 aromatic rings. The highest BCUT2D eigenvalue weighted by molar-refractivity contribution is 5.91. The lowest BCUT2D eigenvalue weighted by Gasteiger charge is -2.17. The Bertz CT molecular complexity index is 1010. The molecular weight excluding hydrogens is 446 g/mol. The van der Waals surface area contributed by atoms with Gasteiger partial charge >= 0.3 is 0 Å². The number of aryl methyl sites for hydroxylation is 1. The van der Waals surface area contributed by atoms with E-state index in [9.17, 15) is 14.4 Å². The first kappa shape index (κ1) is 26.3. The van der Waals surface area contributed by atoms with Crippen LogP contribution < -0.4 is 27.4 Å². The first-order valence-corrected chi connectivity index (χ1v) is 12.0. The van der Waals surface area contributed by atoms with Gasteiger partial charge in [-0.15, -0.1) is 0 Å². The van der Waals surface area contributed by atoms with Crippen molar-refractivity contribution >= 4 is 29.1 Å². The smallest absolute Gasteiger partial charge is 0.246 e. The summed E-state index contributed by atoms with van der Waals surface area (Å²) in [5.41, 5.74) is 8.18. The van der Waals surface area contributed by atoms with Gasteiger partial charge in [0.15, 0.2) is 0 Å². The van der Waals surface area contributed by atoms with Crippen LogP contribution in [0.5, 0.6) is 0 Å². The number of hydrazine groups is 1. The second-order valence-electron chi connectivity index (χ2n) is 9.33. The summed E-state index contributed by atoms with van der Waals surface area (Å²) in [7, 11) is 0. The van der Waals surface area contributed by atoms with E-state index >= 15 is 0 Å². The van der Waals surface area contributed by atoms with Crippen LogP contribution >= 0.6 is 0 Å². The molecule has 9 nitrogen and oxygen atoms in total. The van der Waals surface area contributed by atoms with Gasteiger partial charge in [0.25, 0.3) is 0 Å². The van der Waals surface area contributed by atoms with Crippen LogP contribution in [0.3, 0.4) is 0 Å². The second-order valence-corrected chi connectivity index (χ2v) is 9.33. The van der Waals surface area contributed by atoms with Crippen LogP contribution in [-0.2, 0) is 20.8 Å². The standard InChI is InChI=1S/C26H35N5O4/c1-16(17(2)26(34)31-35)14-25(33)29-20-10-6-18(7-11-20)4-3-5-24(32)28-21-12-8-19(9-13-21)22-15-23(22)30-27/h6-13,16-17,22-23,30,35H,3-5,14-15,27H2,1-2H3,(H,28,32)(H,29,33)(H,31,34). The summed E-state index contributed by atoms with van der Waals surface area (Å²) in [6.07, 6.45) is 3.09. The molecule has 1 fully saturated rings. The molecule has 4 unspecified atom stereocenters. The fraction of sp³-hybridized carbons (Fsp3) is 0.423. The van der Waals surface area contributed by atoms with E-state index in [4.69, 9.17) is 11.0 Å². The Morgan fingerprint density at radius 3 is 2.14 bits per heavy atom. The molecule has 0 saturated heterocycles. The maximum atomic E-state index is 12.3. The molecule has 9 heteroatoms. The van der Waals surface area contributed by atoms with Gasteiger partial charge in [0.1, 0.15) is 0 Å². The number of nitrogens with one attached hydrogen (secondary N) is 4. The van der Waals surface area contributed by atoms with Crippen molar-refractivity contribution < 1.29 is 19.6 Å². The maximum Gasteiger partial charge on any atom is 0.246 e. The molecule has 2 aromatic carbocycles. The first-order valence-electron chi connectivity index (χ1n) is 12.0. The molecule has 7 N–H and O–H groups in total. The first-order chi connectivity index (χ1) is 16.8. The molecule has 0 aliphatic heterocycles. The van der Waals surface area contributed by atoms with Gasteiger partial charge in [0.05, 0.1) is 0 Å². The molecule has 0 bridgehead atoms. The van der Waals surface area contributed by atoms with Gasteiger partial charge in [0, 0.05) is 42.1 Å². The van der Waals surface area contributed by atoms with E-state index in [-0.39, 0.29) is 24.2 Å². The molecule has 0 spiro atoms. The van der Waals surface area contributed by atoms with Gasteiger partial charge in [-0.25, -0.2) is 5.48 Å². The highest BCUT2D eigenvalue weighted by atomic mass is 16.5. The highest BCUT2D eigenvalue weighted by Crippen LogP contribution is 2.40. The van der Waals surface area contributed by atoms with Gasteiger partial charge in [-0.1, -0.05) is 38.1 Å². The number of benzene rings is 2. The number of hydrogen-bond acceptors (Lipinski definition) is 6. The van der Waals surface area contributed by atoms with Crippen LogP contribution in [-0.4, -0.2) is 29.0 Å². The average Bonchev–Trinajstić information content (AvgIpc) is 3.64. The molecule has 3 amide bonds. The van der Waals surface area contributed by atoms with Crippen molar-refractivity contribution in [2.24, 2.45) is 17.7 Å². The third-order valence-corrected chi connectivity index (χ3v) is 6.62. The third kappa shape index (κ3) is 7.88. The van der Waals surface area contributed by atoms with Crippen molar-refractivity contribution in [1.82, 2.24) is 10.9 Å². The SMILES string of the molecule is CC(CC(=O)Nc1ccc(CCCC(=O)Nc2ccc(C3CC3NN)cc2)cc1)C(C)C(=O)NO. The Hall–Kier alpha value is -3.27. The second kappa shape index (κ2) is 12.4. The van der Waals surface area contributed by atoms with Crippen molar-refractivity contribution in [2.45, 2.75) is 57.9 Å². The molecule has 0 radical (unpaired) electrons. The Kier molecular flexibility index (Phi) is 9.36. The van der Waals surface area contributed by atoms with E-state index in [1.54, 1.807) is 19.3 Å². The van der Waals surface area contributed by atoms with Crippen LogP contribution in [0.4, 0.5) is 11.4 Å². The van der Waals surface area contributed by atoms with E-state index in [1.165, 1.54) is 5.56 Å². The lowest BCUT2D eigenvalue weighted by molar-refractivity contribution is -0.134. The van der Waals surface area contributed by atoms with Gasteiger partial charge in [0.2, 0.25) is 17.7 Å². The molecule has 3 rings (SSSR count). The molecular formula is C26H35N5O4. The zero-order valence-corrected chi connectivity index (χ0v) is 20.2. The summed E-state index contributed by atoms with van der Waals surface area (Å²) < 4.78 is 0. The number of nitrogens with two attached hydrogens (primary N) is 1. The quantitative estimate of drug-likeness (QED) is 0.156. The number of rotatable bonds is 12. The van der Waals surface area contributed by atoms with Crippen molar-refractivity contribution in [3.8, 4) is 0 Å². The molecule has 35 heavy (non-hydrogen) atoms. The van der Waals surface area contributed by atoms with Crippen molar-refractivity contribution in [1.29, 1.82) is 0 Å². The topological polar surface area (TPSA) is 146 Å². The number of amides is 3. The third-order valence-electron chi connectivity index (χ3n) is 6.62. The summed E-state index contributed by atoms with van der Waals surface area (Å²) in [6.45, 7) is 3.45. The fourth-order valence-electron chi connectivity index (χ4n) is 4.03. The van der Waals surface area contributed by atoms with Crippen LogP contribution in [0.2, 0.25) is 0 Å². The van der Waals surface area contributed by atoms with Gasteiger partial charge in [-0.2, -0.15) is 0 Å². The average molecular weight is 482 g/mol. The molecule has 188 valence electrons. The van der Waals surface area contributed by atoms with E-state index in [0.29, 0.717) is 30.5 Å². The van der Waals surface area contributed by atoms with Crippen molar-refractivity contribution in [3.05, 3.63) is 59.7 Å². The largest absolute Gasteiger partial charge is 0.326 e. The maximum absolute atomic E-state index is 12.3. The van der Waals surface area contributed by atoms with Gasteiger partial charge in [-0.05, 0) is 60.6 Å². The lowest BCUT2D eigenvalue weighted by atomic mass is 9.92. The van der Waals surface area contributed by atoms with Gasteiger partial charge in [-0.3, -0.25) is 30.9 Å². The Labute approximate surface area is 205 Å². The zero-order chi connectivity index (χ0) is 25.4. The number of hydroxylamine groups is 1. The van der Waals surface area contributed by atoms with E-state index in [0.717, 1.165) is 24.1 Å². The molecule has 1 aliphatic carbocycles. The predicted octanol–water partition coefficient (Wildman–Crippen LogP) is 3.07. The minimum Gasteiger partial charge on any atom is -0.326 e. The molecule has 1 aliphatic rings. The minimum atomic E-state index is -0.506.